The van der Waals surface area contributed by atoms with E-state index in [2.05, 4.69) is 17.6 Å². The van der Waals surface area contributed by atoms with Gasteiger partial charge in [-0.25, -0.2) is 9.36 Å². The number of carbonyl (C=O) groups excluding carboxylic acids is 5. The number of primary amides is 1. The average Bonchev–Trinajstić information content (AvgIpc) is 3.21. The van der Waals surface area contributed by atoms with Crippen LogP contribution in [-0.4, -0.2) is 153 Å². The molecule has 1 saturated heterocycles. The summed E-state index contributed by atoms with van der Waals surface area (Å²) in [5.74, 6) is -8.42. The largest absolute Gasteiger partial charge is 0.481 e. The number of aliphatic carboxylic acids is 2. The second-order valence-corrected chi connectivity index (χ2v) is 17.4. The SMILES string of the molecule is CCCCCCCCCCCCCCOP(=O)(O)OCCNC(=O)CCC(=O)OC[C@H]1O[C@H](O)[C@H](NC(C)=O)[C@@H](OC(C)CN(C(=O)[C@H](C)N)[C@@](CCC(=O)O)(C(N)=O)C(=O)O)[C@@H]1O. The Kier molecular flexibility index (Phi) is 27.7. The Balaban J connectivity index is 2.69. The van der Waals surface area contributed by atoms with Crippen molar-refractivity contribution in [2.75, 3.05) is 32.9 Å². The molecule has 11 N–H and O–H groups in total. The Bertz CT molecular complexity index is 1520. The van der Waals surface area contributed by atoms with Crippen LogP contribution in [0.15, 0.2) is 0 Å². The number of nitrogens with two attached hydrogens (primary N) is 2. The van der Waals surface area contributed by atoms with Gasteiger partial charge < -0.3 is 66.5 Å². The maximum atomic E-state index is 13.3. The van der Waals surface area contributed by atoms with Crippen molar-refractivity contribution in [2.24, 2.45) is 11.5 Å². The van der Waals surface area contributed by atoms with Gasteiger partial charge in [0.2, 0.25) is 23.3 Å². The number of aliphatic hydroxyl groups is 2. The number of carboxylic acid groups (broad SMARTS) is 2. The number of carboxylic acids is 2. The Morgan fingerprint density at radius 3 is 1.94 bits per heavy atom. The predicted molar refractivity (Wildman–Crippen MR) is 227 cm³/mol. The Morgan fingerprint density at radius 2 is 1.42 bits per heavy atom. The lowest BCUT2D eigenvalue weighted by Crippen LogP contribution is -2.68. The maximum Gasteiger partial charge on any atom is 0.472 e. The number of aliphatic hydroxyl groups excluding tert-OH is 2. The molecule has 64 heavy (non-hydrogen) atoms. The van der Waals surface area contributed by atoms with Crippen LogP contribution in [0.3, 0.4) is 0 Å². The van der Waals surface area contributed by atoms with Crippen molar-refractivity contribution in [2.45, 2.75) is 179 Å². The standard InChI is InChI=1S/C40H72N5O18P/c1-5-6-7-8-9-10-11-12-13-14-15-16-22-60-64(57,58)61-23-21-43-30(47)17-18-32(50)59-25-29-34(51)35(33(37(53)63-29)44-28(4)46)62-26(2)24-45(36(52)27(3)41)40(38(42)54,39(55)56)20-19-31(48)49/h26-27,29,33-35,37,51,53H,5-25,41H2,1-4H3,(H2,42,54)(H,43,47)(H,44,46)(H,48,49)(H,55,56)(H,57,58)/t26?,27-,29+,33+,34+,35+,37-,40-/m0/s1. The van der Waals surface area contributed by atoms with E-state index in [-0.39, 0.29) is 26.2 Å². The van der Waals surface area contributed by atoms with Crippen molar-refractivity contribution < 1.29 is 86.7 Å². The molecule has 2 unspecified atom stereocenters. The minimum atomic E-state index is -4.34. The predicted octanol–water partition coefficient (Wildman–Crippen LogP) is 0.967. The molecule has 0 radical (unpaired) electrons. The fraction of sp³-hybridized carbons (Fsp3) is 0.825. The van der Waals surface area contributed by atoms with Gasteiger partial charge in [0.05, 0.1) is 31.8 Å². The molecule has 24 heteroatoms. The number of nitrogens with zero attached hydrogens (tertiary/aromatic N) is 1. The van der Waals surface area contributed by atoms with Crippen molar-refractivity contribution in [3.8, 4) is 0 Å². The topological polar surface area (TPSA) is 363 Å². The fourth-order valence-corrected chi connectivity index (χ4v) is 7.70. The highest BCUT2D eigenvalue weighted by Crippen LogP contribution is 2.43. The van der Waals surface area contributed by atoms with Crippen LogP contribution < -0.4 is 22.1 Å². The van der Waals surface area contributed by atoms with Crippen molar-refractivity contribution in [1.82, 2.24) is 15.5 Å². The van der Waals surface area contributed by atoms with Crippen LogP contribution in [0.5, 0.6) is 0 Å². The number of carbonyl (C=O) groups is 7. The highest BCUT2D eigenvalue weighted by Gasteiger charge is 2.54. The summed E-state index contributed by atoms with van der Waals surface area (Å²) in [7, 11) is -4.34. The molecule has 4 amide bonds. The van der Waals surface area contributed by atoms with Crippen LogP contribution in [0.25, 0.3) is 0 Å². The lowest BCUT2D eigenvalue weighted by Gasteiger charge is -2.45. The minimum Gasteiger partial charge on any atom is -0.481 e. The third kappa shape index (κ3) is 21.5. The Hall–Kier alpha value is -3.80. The second-order valence-electron chi connectivity index (χ2n) is 15.9. The minimum absolute atomic E-state index is 0.0466. The summed E-state index contributed by atoms with van der Waals surface area (Å²) in [5.41, 5.74) is 8.30. The van der Waals surface area contributed by atoms with E-state index in [9.17, 15) is 63.4 Å². The van der Waals surface area contributed by atoms with Gasteiger partial charge in [-0.1, -0.05) is 77.6 Å². The highest BCUT2D eigenvalue weighted by atomic mass is 31.2. The van der Waals surface area contributed by atoms with E-state index in [0.29, 0.717) is 11.3 Å². The number of phosphoric ester groups is 1. The number of hydrogen-bond acceptors (Lipinski definition) is 16. The van der Waals surface area contributed by atoms with Crippen LogP contribution >= 0.6 is 7.82 Å². The second kappa shape index (κ2) is 30.4. The monoisotopic (exact) mass is 941 g/mol. The number of rotatable bonds is 35. The summed E-state index contributed by atoms with van der Waals surface area (Å²) >= 11 is 0. The lowest BCUT2D eigenvalue weighted by molar-refractivity contribution is -0.269. The van der Waals surface area contributed by atoms with E-state index < -0.39 is 130 Å². The molecule has 1 aliphatic heterocycles. The summed E-state index contributed by atoms with van der Waals surface area (Å²) in [4.78, 5) is 97.1. The molecule has 1 aliphatic rings. The number of hydrogen-bond donors (Lipinski definition) is 9. The summed E-state index contributed by atoms with van der Waals surface area (Å²) < 4.78 is 38.5. The Morgan fingerprint density at radius 1 is 0.859 bits per heavy atom. The molecule has 1 fully saturated rings. The highest BCUT2D eigenvalue weighted by molar-refractivity contribution is 7.47. The van der Waals surface area contributed by atoms with E-state index >= 15 is 0 Å². The molecule has 0 aromatic heterocycles. The molecular weight excluding hydrogens is 869 g/mol. The fourth-order valence-electron chi connectivity index (χ4n) is 6.94. The van der Waals surface area contributed by atoms with E-state index in [1.807, 2.05) is 0 Å². The van der Waals surface area contributed by atoms with Gasteiger partial charge in [0, 0.05) is 39.3 Å². The molecule has 1 rings (SSSR count). The molecule has 0 bridgehead atoms. The van der Waals surface area contributed by atoms with Crippen LogP contribution in [0.1, 0.15) is 130 Å². The number of unbranched alkanes of at least 4 members (excludes halogenated alkanes) is 11. The van der Waals surface area contributed by atoms with Crippen molar-refractivity contribution in [3.63, 3.8) is 0 Å². The van der Waals surface area contributed by atoms with E-state index in [0.717, 1.165) is 26.2 Å². The molecular formula is C40H72N5O18P. The number of esters is 1. The van der Waals surface area contributed by atoms with Crippen molar-refractivity contribution in [1.29, 1.82) is 0 Å². The van der Waals surface area contributed by atoms with Crippen LogP contribution in [0.4, 0.5) is 0 Å². The van der Waals surface area contributed by atoms with E-state index in [4.69, 9.17) is 34.7 Å². The first-order chi connectivity index (χ1) is 30.1. The van der Waals surface area contributed by atoms with Gasteiger partial charge in [-0.05, 0) is 20.3 Å². The molecule has 0 saturated carbocycles. The number of nitrogens with one attached hydrogen (secondary N) is 2. The lowest BCUT2D eigenvalue weighted by atomic mass is 9.89. The summed E-state index contributed by atoms with van der Waals surface area (Å²) in [5, 5.41) is 46.2. The summed E-state index contributed by atoms with van der Waals surface area (Å²) in [6.45, 7) is 3.79. The maximum absolute atomic E-state index is 13.3. The van der Waals surface area contributed by atoms with Gasteiger partial charge in [0.1, 0.15) is 31.0 Å². The zero-order valence-electron chi connectivity index (χ0n) is 37.5. The van der Waals surface area contributed by atoms with E-state index in [1.54, 1.807) is 0 Å². The average molecular weight is 942 g/mol. The summed E-state index contributed by atoms with van der Waals surface area (Å²) in [6.07, 6.45) is 2.79. The number of amides is 4. The molecule has 23 nitrogen and oxygen atoms in total. The number of ether oxygens (including phenoxy) is 3. The quantitative estimate of drug-likeness (QED) is 0.0185. The van der Waals surface area contributed by atoms with Gasteiger partial charge >= 0.3 is 25.7 Å². The van der Waals surface area contributed by atoms with Crippen LogP contribution in [0, 0.1) is 0 Å². The zero-order valence-corrected chi connectivity index (χ0v) is 38.4. The number of phosphoric acid groups is 1. The first-order valence-corrected chi connectivity index (χ1v) is 23.4. The molecule has 0 spiro atoms. The Labute approximate surface area is 374 Å². The van der Waals surface area contributed by atoms with Crippen molar-refractivity contribution in [3.05, 3.63) is 0 Å². The van der Waals surface area contributed by atoms with Gasteiger partial charge in [-0.3, -0.25) is 37.8 Å². The molecule has 1 heterocycles. The van der Waals surface area contributed by atoms with Gasteiger partial charge in [0.15, 0.2) is 6.29 Å². The third-order valence-corrected chi connectivity index (χ3v) is 11.4. The van der Waals surface area contributed by atoms with Crippen LogP contribution in [0.2, 0.25) is 0 Å². The molecule has 370 valence electrons. The zero-order chi connectivity index (χ0) is 48.5. The van der Waals surface area contributed by atoms with Gasteiger partial charge in [-0.2, -0.15) is 0 Å². The first kappa shape index (κ1) is 58.2. The normalized spacial score (nSPS) is 21.3. The summed E-state index contributed by atoms with van der Waals surface area (Å²) in [6, 6.07) is -2.91. The smallest absolute Gasteiger partial charge is 0.472 e. The van der Waals surface area contributed by atoms with Gasteiger partial charge in [0.25, 0.3) is 5.91 Å². The van der Waals surface area contributed by atoms with Crippen LogP contribution in [-0.2, 0) is 61.4 Å². The molecule has 0 aromatic rings. The van der Waals surface area contributed by atoms with Gasteiger partial charge in [-0.15, -0.1) is 0 Å². The molecule has 9 atom stereocenters. The van der Waals surface area contributed by atoms with Crippen molar-refractivity contribution >= 4 is 49.4 Å². The molecule has 0 aromatic carbocycles. The van der Waals surface area contributed by atoms with E-state index in [1.165, 1.54) is 65.2 Å². The third-order valence-electron chi connectivity index (χ3n) is 10.4. The first-order valence-electron chi connectivity index (χ1n) is 21.9. The molecule has 0 aliphatic carbocycles.